The first-order valence-corrected chi connectivity index (χ1v) is 9.30. The van der Waals surface area contributed by atoms with Crippen LogP contribution < -0.4 is 4.74 Å². The van der Waals surface area contributed by atoms with Crippen molar-refractivity contribution in [3.05, 3.63) is 59.9 Å². The minimum atomic E-state index is -3.47. The second-order valence-corrected chi connectivity index (χ2v) is 7.36. The normalized spacial score (nSPS) is 19.4. The molecule has 0 N–H and O–H groups in total. The highest BCUT2D eigenvalue weighted by Crippen LogP contribution is 2.19. The number of hydrogen-bond acceptors (Lipinski definition) is 5. The standard InChI is InChI=1S/C17H19N3O3S/c21-24(22,12-9-15-5-2-1-3-6-15)20-11-4-7-16(13-20)23-17-8-10-18-14-19-17/h1-3,5-6,8-10,12,14,16H,4,7,11,13H2/b12-9+/t16-/m1/s1. The van der Waals surface area contributed by atoms with Crippen molar-refractivity contribution < 1.29 is 13.2 Å². The first-order chi connectivity index (χ1) is 11.6. The fraction of sp³-hybridized carbons (Fsp3) is 0.294. The lowest BCUT2D eigenvalue weighted by atomic mass is 10.1. The fourth-order valence-electron chi connectivity index (χ4n) is 2.57. The van der Waals surface area contributed by atoms with E-state index < -0.39 is 10.0 Å². The Morgan fingerprint density at radius 2 is 2.04 bits per heavy atom. The van der Waals surface area contributed by atoms with Crippen LogP contribution in [0.2, 0.25) is 0 Å². The van der Waals surface area contributed by atoms with Gasteiger partial charge in [-0.05, 0) is 24.5 Å². The summed E-state index contributed by atoms with van der Waals surface area (Å²) in [4.78, 5) is 7.86. The van der Waals surface area contributed by atoms with Gasteiger partial charge in [-0.15, -0.1) is 0 Å². The predicted octanol–water partition coefficient (Wildman–Crippen LogP) is 2.32. The predicted molar refractivity (Wildman–Crippen MR) is 91.7 cm³/mol. The van der Waals surface area contributed by atoms with Gasteiger partial charge in [0.1, 0.15) is 12.4 Å². The maximum absolute atomic E-state index is 12.5. The highest BCUT2D eigenvalue weighted by molar-refractivity contribution is 7.92. The molecular formula is C17H19N3O3S. The van der Waals surface area contributed by atoms with E-state index in [0.717, 1.165) is 18.4 Å². The molecule has 7 heteroatoms. The van der Waals surface area contributed by atoms with Crippen molar-refractivity contribution in [3.8, 4) is 5.88 Å². The largest absolute Gasteiger partial charge is 0.473 e. The van der Waals surface area contributed by atoms with Gasteiger partial charge in [-0.1, -0.05) is 30.3 Å². The van der Waals surface area contributed by atoms with Crippen molar-refractivity contribution in [1.29, 1.82) is 0 Å². The number of hydrogen-bond donors (Lipinski definition) is 0. The van der Waals surface area contributed by atoms with Crippen LogP contribution in [0.3, 0.4) is 0 Å². The van der Waals surface area contributed by atoms with Gasteiger partial charge in [0.25, 0.3) is 0 Å². The molecule has 1 aliphatic rings. The van der Waals surface area contributed by atoms with Crippen LogP contribution >= 0.6 is 0 Å². The van der Waals surface area contributed by atoms with E-state index in [-0.39, 0.29) is 6.10 Å². The number of piperidine rings is 1. The van der Waals surface area contributed by atoms with E-state index in [0.29, 0.717) is 19.0 Å². The summed E-state index contributed by atoms with van der Waals surface area (Å²) in [6.45, 7) is 0.830. The molecule has 1 atom stereocenters. The van der Waals surface area contributed by atoms with Crippen molar-refractivity contribution in [3.63, 3.8) is 0 Å². The monoisotopic (exact) mass is 345 g/mol. The maximum Gasteiger partial charge on any atom is 0.236 e. The Hall–Kier alpha value is -2.25. The molecule has 2 aromatic rings. The Kier molecular flexibility index (Phi) is 5.22. The van der Waals surface area contributed by atoms with Crippen LogP contribution in [0.1, 0.15) is 18.4 Å². The third kappa shape index (κ3) is 4.39. The molecule has 1 aromatic heterocycles. The molecular weight excluding hydrogens is 326 g/mol. The Morgan fingerprint density at radius 1 is 1.21 bits per heavy atom. The summed E-state index contributed by atoms with van der Waals surface area (Å²) in [7, 11) is -3.47. The van der Waals surface area contributed by atoms with Crippen LogP contribution in [0.15, 0.2) is 54.3 Å². The average Bonchev–Trinajstić information content (AvgIpc) is 2.62. The van der Waals surface area contributed by atoms with Gasteiger partial charge in [0.05, 0.1) is 6.54 Å². The lowest BCUT2D eigenvalue weighted by Gasteiger charge is -2.30. The van der Waals surface area contributed by atoms with Gasteiger partial charge in [0, 0.05) is 24.2 Å². The smallest absolute Gasteiger partial charge is 0.236 e. The Morgan fingerprint density at radius 3 is 2.79 bits per heavy atom. The van der Waals surface area contributed by atoms with Gasteiger partial charge in [-0.2, -0.15) is 4.31 Å². The zero-order valence-corrected chi connectivity index (χ0v) is 14.0. The topological polar surface area (TPSA) is 72.4 Å². The lowest BCUT2D eigenvalue weighted by molar-refractivity contribution is 0.125. The summed E-state index contributed by atoms with van der Waals surface area (Å²) in [6.07, 6.45) is 5.99. The minimum absolute atomic E-state index is 0.200. The first kappa shape index (κ1) is 16.6. The van der Waals surface area contributed by atoms with Gasteiger partial charge in [0.2, 0.25) is 15.9 Å². The third-order valence-electron chi connectivity index (χ3n) is 3.78. The molecule has 1 saturated heterocycles. The van der Waals surface area contributed by atoms with Crippen LogP contribution in [0.4, 0.5) is 0 Å². The molecule has 2 heterocycles. The van der Waals surface area contributed by atoms with E-state index in [1.54, 1.807) is 18.3 Å². The first-order valence-electron chi connectivity index (χ1n) is 7.79. The number of nitrogens with zero attached hydrogens (tertiary/aromatic N) is 3. The number of rotatable bonds is 5. The zero-order chi connectivity index (χ0) is 16.8. The number of sulfonamides is 1. The molecule has 126 valence electrons. The van der Waals surface area contributed by atoms with Crippen LogP contribution in [0.25, 0.3) is 6.08 Å². The molecule has 0 unspecified atom stereocenters. The molecule has 24 heavy (non-hydrogen) atoms. The van der Waals surface area contributed by atoms with E-state index in [9.17, 15) is 8.42 Å². The highest BCUT2D eigenvalue weighted by atomic mass is 32.2. The molecule has 0 bridgehead atoms. The maximum atomic E-state index is 12.5. The Bertz CT molecular complexity index is 779. The van der Waals surface area contributed by atoms with Gasteiger partial charge in [-0.25, -0.2) is 18.4 Å². The van der Waals surface area contributed by atoms with Gasteiger partial charge in [0.15, 0.2) is 0 Å². The van der Waals surface area contributed by atoms with Gasteiger partial charge < -0.3 is 4.74 Å². The van der Waals surface area contributed by atoms with Crippen molar-refractivity contribution in [2.24, 2.45) is 0 Å². The molecule has 1 fully saturated rings. The molecule has 0 aliphatic carbocycles. The van der Waals surface area contributed by atoms with Gasteiger partial charge >= 0.3 is 0 Å². The second-order valence-electron chi connectivity index (χ2n) is 5.55. The van der Waals surface area contributed by atoms with Crippen LogP contribution in [-0.4, -0.2) is 41.9 Å². The van der Waals surface area contributed by atoms with Crippen molar-refractivity contribution >= 4 is 16.1 Å². The quantitative estimate of drug-likeness (QED) is 0.831. The third-order valence-corrected chi connectivity index (χ3v) is 5.31. The zero-order valence-electron chi connectivity index (χ0n) is 13.2. The van der Waals surface area contributed by atoms with Crippen molar-refractivity contribution in [1.82, 2.24) is 14.3 Å². The van der Waals surface area contributed by atoms with E-state index in [1.165, 1.54) is 16.0 Å². The van der Waals surface area contributed by atoms with Crippen molar-refractivity contribution in [2.45, 2.75) is 18.9 Å². The SMILES string of the molecule is O=S(=O)(/C=C/c1ccccc1)N1CCC[C@@H](Oc2ccncn2)C1. The summed E-state index contributed by atoms with van der Waals surface area (Å²) in [6, 6.07) is 11.0. The summed E-state index contributed by atoms with van der Waals surface area (Å²) in [5, 5.41) is 1.26. The summed E-state index contributed by atoms with van der Waals surface area (Å²) < 4.78 is 32.3. The van der Waals surface area contributed by atoms with E-state index in [4.69, 9.17) is 4.74 Å². The van der Waals surface area contributed by atoms with E-state index in [1.807, 2.05) is 30.3 Å². The van der Waals surface area contributed by atoms with Crippen LogP contribution in [0.5, 0.6) is 5.88 Å². The Balaban J connectivity index is 1.66. The molecule has 0 radical (unpaired) electrons. The molecule has 6 nitrogen and oxygen atoms in total. The average molecular weight is 345 g/mol. The molecule has 0 saturated carbocycles. The van der Waals surface area contributed by atoms with Crippen LogP contribution in [-0.2, 0) is 10.0 Å². The van der Waals surface area contributed by atoms with E-state index >= 15 is 0 Å². The van der Waals surface area contributed by atoms with E-state index in [2.05, 4.69) is 9.97 Å². The number of ether oxygens (including phenoxy) is 1. The lowest BCUT2D eigenvalue weighted by Crippen LogP contribution is -2.43. The van der Waals surface area contributed by atoms with Gasteiger partial charge in [-0.3, -0.25) is 0 Å². The molecule has 1 aromatic carbocycles. The highest BCUT2D eigenvalue weighted by Gasteiger charge is 2.28. The molecule has 0 spiro atoms. The number of aromatic nitrogens is 2. The summed E-state index contributed by atoms with van der Waals surface area (Å²) in [5.74, 6) is 0.467. The molecule has 0 amide bonds. The fourth-order valence-corrected chi connectivity index (χ4v) is 3.82. The number of benzene rings is 1. The summed E-state index contributed by atoms with van der Waals surface area (Å²) >= 11 is 0. The molecule has 1 aliphatic heterocycles. The minimum Gasteiger partial charge on any atom is -0.473 e. The van der Waals surface area contributed by atoms with Crippen LogP contribution in [0, 0.1) is 0 Å². The molecule has 3 rings (SSSR count). The van der Waals surface area contributed by atoms with Crippen molar-refractivity contribution in [2.75, 3.05) is 13.1 Å². The second kappa shape index (κ2) is 7.55. The summed E-state index contributed by atoms with van der Waals surface area (Å²) in [5.41, 5.74) is 0.854. The Labute approximate surface area is 141 Å².